The SMILES string of the molecule is CCCCCCCCc1cnc(-c2ccc(CCCC[P+](CCCC)(CCCC)CCCC)cc2)nc1. The zero-order valence-electron chi connectivity index (χ0n) is 24.9. The highest BCUT2D eigenvalue weighted by atomic mass is 31.2. The molecule has 0 bridgehead atoms. The van der Waals surface area contributed by atoms with Crippen LogP contribution in [0.1, 0.15) is 129 Å². The van der Waals surface area contributed by atoms with Crippen LogP contribution in [-0.2, 0) is 12.8 Å². The molecular formula is C34H58N2P+. The first kappa shape index (κ1) is 31.9. The van der Waals surface area contributed by atoms with Crippen molar-refractivity contribution in [2.75, 3.05) is 24.6 Å². The first-order chi connectivity index (χ1) is 18.2. The average Bonchev–Trinajstić information content (AvgIpc) is 2.94. The van der Waals surface area contributed by atoms with Crippen LogP contribution in [0.25, 0.3) is 11.4 Å². The molecular weight excluding hydrogens is 467 g/mol. The van der Waals surface area contributed by atoms with Crippen LogP contribution >= 0.6 is 7.26 Å². The van der Waals surface area contributed by atoms with E-state index in [2.05, 4.69) is 61.9 Å². The van der Waals surface area contributed by atoms with Crippen molar-refractivity contribution in [1.29, 1.82) is 0 Å². The second-order valence-electron chi connectivity index (χ2n) is 11.4. The predicted octanol–water partition coefficient (Wildman–Crippen LogP) is 10.8. The van der Waals surface area contributed by atoms with Gasteiger partial charge in [-0.2, -0.15) is 0 Å². The van der Waals surface area contributed by atoms with Gasteiger partial charge < -0.3 is 0 Å². The van der Waals surface area contributed by atoms with Crippen molar-refractivity contribution in [2.45, 2.75) is 130 Å². The first-order valence-corrected chi connectivity index (χ1v) is 18.4. The number of aryl methyl sites for hydroxylation is 2. The molecule has 2 aromatic rings. The minimum atomic E-state index is -0.750. The second kappa shape index (κ2) is 19.7. The van der Waals surface area contributed by atoms with Crippen LogP contribution < -0.4 is 0 Å². The van der Waals surface area contributed by atoms with Gasteiger partial charge in [-0.1, -0.05) is 103 Å². The van der Waals surface area contributed by atoms with Crippen LogP contribution in [0.4, 0.5) is 0 Å². The Morgan fingerprint density at radius 1 is 0.486 bits per heavy atom. The summed E-state index contributed by atoms with van der Waals surface area (Å²) in [7, 11) is -0.750. The van der Waals surface area contributed by atoms with E-state index >= 15 is 0 Å². The molecule has 1 aromatic heterocycles. The lowest BCUT2D eigenvalue weighted by Gasteiger charge is -2.28. The molecule has 2 nitrogen and oxygen atoms in total. The molecule has 0 N–H and O–H groups in total. The van der Waals surface area contributed by atoms with E-state index in [1.807, 2.05) is 12.4 Å². The molecule has 1 aromatic carbocycles. The minimum Gasteiger partial charge on any atom is -0.236 e. The standard InChI is InChI=1S/C34H58N2P/c1-5-9-13-14-15-16-20-32-29-35-34(36-30-32)33-23-21-31(22-24-33)19-17-18-28-37(25-10-6-2,26-11-7-3)27-12-8-4/h21-24,29-30H,5-20,25-28H2,1-4H3/q+1. The summed E-state index contributed by atoms with van der Waals surface area (Å²) in [5.41, 5.74) is 3.87. The van der Waals surface area contributed by atoms with Gasteiger partial charge in [-0.15, -0.1) is 0 Å². The number of rotatable bonds is 22. The van der Waals surface area contributed by atoms with Crippen molar-refractivity contribution in [2.24, 2.45) is 0 Å². The Hall–Kier alpha value is -1.27. The quantitative estimate of drug-likeness (QED) is 0.113. The van der Waals surface area contributed by atoms with E-state index in [-0.39, 0.29) is 0 Å². The Morgan fingerprint density at radius 3 is 1.51 bits per heavy atom. The van der Waals surface area contributed by atoms with E-state index in [1.165, 1.54) is 114 Å². The maximum Gasteiger partial charge on any atom is 0.159 e. The van der Waals surface area contributed by atoms with Crippen LogP contribution in [0.3, 0.4) is 0 Å². The van der Waals surface area contributed by atoms with Gasteiger partial charge in [-0.25, -0.2) is 9.97 Å². The summed E-state index contributed by atoms with van der Waals surface area (Å²) in [5, 5.41) is 0. The van der Waals surface area contributed by atoms with Gasteiger partial charge >= 0.3 is 0 Å². The molecule has 0 amide bonds. The molecule has 0 unspecified atom stereocenters. The number of hydrogen-bond donors (Lipinski definition) is 0. The molecule has 3 heteroatoms. The fourth-order valence-electron chi connectivity index (χ4n) is 5.49. The molecule has 0 fully saturated rings. The van der Waals surface area contributed by atoms with Crippen LogP contribution in [0.15, 0.2) is 36.7 Å². The Morgan fingerprint density at radius 2 is 0.946 bits per heavy atom. The monoisotopic (exact) mass is 525 g/mol. The van der Waals surface area contributed by atoms with Crippen LogP contribution in [0, 0.1) is 0 Å². The molecule has 208 valence electrons. The van der Waals surface area contributed by atoms with Crippen LogP contribution in [0.5, 0.6) is 0 Å². The van der Waals surface area contributed by atoms with Gasteiger partial charge in [0.2, 0.25) is 0 Å². The fraction of sp³-hybridized carbons (Fsp3) is 0.706. The van der Waals surface area contributed by atoms with Gasteiger partial charge in [0.25, 0.3) is 0 Å². The van der Waals surface area contributed by atoms with Gasteiger partial charge in [-0.3, -0.25) is 0 Å². The lowest BCUT2D eigenvalue weighted by Crippen LogP contribution is -2.13. The van der Waals surface area contributed by atoms with E-state index < -0.39 is 7.26 Å². The zero-order valence-corrected chi connectivity index (χ0v) is 25.8. The number of unbranched alkanes of at least 4 members (excludes halogenated alkanes) is 9. The molecule has 37 heavy (non-hydrogen) atoms. The average molecular weight is 526 g/mol. The molecule has 0 aliphatic carbocycles. The van der Waals surface area contributed by atoms with Crippen molar-refractivity contribution in [3.05, 3.63) is 47.8 Å². The highest BCUT2D eigenvalue weighted by Gasteiger charge is 2.34. The topological polar surface area (TPSA) is 25.8 Å². The van der Waals surface area contributed by atoms with E-state index in [0.717, 1.165) is 17.8 Å². The van der Waals surface area contributed by atoms with Gasteiger partial charge in [0.05, 0.1) is 24.6 Å². The van der Waals surface area contributed by atoms with Crippen molar-refractivity contribution in [3.8, 4) is 11.4 Å². The van der Waals surface area contributed by atoms with E-state index in [9.17, 15) is 0 Å². The van der Waals surface area contributed by atoms with Crippen LogP contribution in [0.2, 0.25) is 0 Å². The lowest BCUT2D eigenvalue weighted by molar-refractivity contribution is 0.607. The Bertz CT molecular complexity index is 778. The number of benzene rings is 1. The largest absolute Gasteiger partial charge is 0.236 e. The van der Waals surface area contributed by atoms with Gasteiger partial charge in [0.15, 0.2) is 5.82 Å². The number of hydrogen-bond acceptors (Lipinski definition) is 2. The summed E-state index contributed by atoms with van der Waals surface area (Å²) >= 11 is 0. The molecule has 0 spiro atoms. The summed E-state index contributed by atoms with van der Waals surface area (Å²) in [4.78, 5) is 9.35. The fourth-order valence-corrected chi connectivity index (χ4v) is 10.7. The highest BCUT2D eigenvalue weighted by molar-refractivity contribution is 7.75. The van der Waals surface area contributed by atoms with E-state index in [4.69, 9.17) is 0 Å². The number of aromatic nitrogens is 2. The minimum absolute atomic E-state index is 0.750. The van der Waals surface area contributed by atoms with Crippen molar-refractivity contribution < 1.29 is 0 Å². The third-order valence-corrected chi connectivity index (χ3v) is 13.1. The summed E-state index contributed by atoms with van der Waals surface area (Å²) in [6.07, 6.45) is 31.7. The number of nitrogens with zero attached hydrogens (tertiary/aromatic N) is 2. The summed E-state index contributed by atoms with van der Waals surface area (Å²) in [6.45, 7) is 9.38. The summed E-state index contributed by atoms with van der Waals surface area (Å²) in [6, 6.07) is 9.05. The molecule has 0 aliphatic heterocycles. The smallest absolute Gasteiger partial charge is 0.159 e. The molecule has 0 saturated carbocycles. The van der Waals surface area contributed by atoms with Crippen molar-refractivity contribution >= 4 is 7.26 Å². The summed E-state index contributed by atoms with van der Waals surface area (Å²) in [5.74, 6) is 0.857. The Labute approximate surface area is 231 Å². The molecule has 0 atom stereocenters. The molecule has 0 saturated heterocycles. The Balaban J connectivity index is 1.81. The molecule has 0 radical (unpaired) electrons. The van der Waals surface area contributed by atoms with E-state index in [0.29, 0.717) is 0 Å². The Kier molecular flexibility index (Phi) is 17.1. The second-order valence-corrected chi connectivity index (χ2v) is 15.9. The molecule has 2 rings (SSSR count). The highest BCUT2D eigenvalue weighted by Crippen LogP contribution is 2.61. The van der Waals surface area contributed by atoms with Gasteiger partial charge in [-0.05, 0) is 62.5 Å². The zero-order chi connectivity index (χ0) is 26.6. The molecule has 1 heterocycles. The van der Waals surface area contributed by atoms with Gasteiger partial charge in [0.1, 0.15) is 0 Å². The third-order valence-electron chi connectivity index (χ3n) is 8.04. The van der Waals surface area contributed by atoms with Crippen molar-refractivity contribution in [3.63, 3.8) is 0 Å². The van der Waals surface area contributed by atoms with Gasteiger partial charge in [0, 0.05) is 25.2 Å². The lowest BCUT2D eigenvalue weighted by atomic mass is 10.1. The summed E-state index contributed by atoms with van der Waals surface area (Å²) < 4.78 is 0. The van der Waals surface area contributed by atoms with Crippen LogP contribution in [-0.4, -0.2) is 34.6 Å². The predicted molar refractivity (Wildman–Crippen MR) is 169 cm³/mol. The maximum atomic E-state index is 4.68. The van der Waals surface area contributed by atoms with E-state index in [1.54, 1.807) is 18.5 Å². The van der Waals surface area contributed by atoms with Crippen molar-refractivity contribution in [1.82, 2.24) is 9.97 Å². The third kappa shape index (κ3) is 12.9. The maximum absolute atomic E-state index is 4.68. The first-order valence-electron chi connectivity index (χ1n) is 15.9. The molecule has 0 aliphatic rings. The normalized spacial score (nSPS) is 11.8.